The molecule has 1 saturated heterocycles. The molecule has 26 nitrogen and oxygen atoms in total. The van der Waals surface area contributed by atoms with Crippen LogP contribution in [0.2, 0.25) is 0 Å². The summed E-state index contributed by atoms with van der Waals surface area (Å²) in [5.74, 6) is 0.489. The Labute approximate surface area is 588 Å². The van der Waals surface area contributed by atoms with Gasteiger partial charge in [0.25, 0.3) is 0 Å². The molecule has 0 N–H and O–H groups in total. The molecule has 4 fully saturated rings. The zero-order valence-electron chi connectivity index (χ0n) is 66.5. The van der Waals surface area contributed by atoms with Gasteiger partial charge in [0.2, 0.25) is 24.1 Å². The number of carbonyl (C=O) groups excluding carboxylic acids is 4. The van der Waals surface area contributed by atoms with Crippen molar-refractivity contribution < 1.29 is 71.3 Å². The average molecular weight is 1390 g/mol. The fourth-order valence-electron chi connectivity index (χ4n) is 7.99. The Balaban J connectivity index is -0.000000235. The summed E-state index contributed by atoms with van der Waals surface area (Å²) < 4.78 is 54.1. The highest BCUT2D eigenvalue weighted by molar-refractivity contribution is 5.77. The second-order valence-electron chi connectivity index (χ2n) is 25.2. The highest BCUT2D eigenvalue weighted by atomic mass is 16.5. The summed E-state index contributed by atoms with van der Waals surface area (Å²) in [7, 11) is 36.5. The molecule has 1 aliphatic heterocycles. The number of hydrogen-bond acceptors (Lipinski definition) is 22. The van der Waals surface area contributed by atoms with Crippen LogP contribution in [0.3, 0.4) is 0 Å². The minimum atomic E-state index is 0.0760. The zero-order valence-corrected chi connectivity index (χ0v) is 66.5. The first-order chi connectivity index (χ1) is 45.6. The maximum atomic E-state index is 11.2. The molecule has 3 saturated carbocycles. The molecule has 0 radical (unpaired) electrons. The van der Waals surface area contributed by atoms with Crippen LogP contribution in [0.1, 0.15) is 106 Å². The van der Waals surface area contributed by atoms with Gasteiger partial charge in [0.1, 0.15) is 0 Å². The summed E-state index contributed by atoms with van der Waals surface area (Å²) in [6.45, 7) is 31.0. The number of methoxy groups -OCH3 is 10. The second-order valence-corrected chi connectivity index (χ2v) is 25.2. The number of morpholine rings is 1. The summed E-state index contributed by atoms with van der Waals surface area (Å²) in [5.41, 5.74) is 0.161. The van der Waals surface area contributed by atoms with Gasteiger partial charge in [0, 0.05) is 214 Å². The average Bonchev–Trinajstić information content (AvgIpc) is 2.61. The van der Waals surface area contributed by atoms with Gasteiger partial charge in [-0.15, -0.1) is 0 Å². The molecule has 96 heavy (non-hydrogen) atoms. The maximum absolute atomic E-state index is 11.2. The van der Waals surface area contributed by atoms with Crippen molar-refractivity contribution in [1.82, 2.24) is 49.0 Å². The number of amides is 4. The van der Waals surface area contributed by atoms with Crippen LogP contribution in [0.25, 0.3) is 0 Å². The molecular formula is C70H151N11O15. The summed E-state index contributed by atoms with van der Waals surface area (Å²) in [4.78, 5) is 62.6. The van der Waals surface area contributed by atoms with Crippen LogP contribution in [0.4, 0.5) is 0 Å². The Morgan fingerprint density at radius 2 is 0.885 bits per heavy atom. The molecule has 0 aromatic heterocycles. The van der Waals surface area contributed by atoms with E-state index in [2.05, 4.69) is 73.6 Å². The van der Waals surface area contributed by atoms with Crippen molar-refractivity contribution in [3.05, 3.63) is 0 Å². The van der Waals surface area contributed by atoms with Crippen molar-refractivity contribution in [3.8, 4) is 6.07 Å². The van der Waals surface area contributed by atoms with E-state index in [-0.39, 0.29) is 29.2 Å². The number of hydrogen-bond donors (Lipinski definition) is 0. The smallest absolute Gasteiger partial charge is 0.224 e. The predicted molar refractivity (Wildman–Crippen MR) is 390 cm³/mol. The van der Waals surface area contributed by atoms with E-state index in [1.165, 1.54) is 69.6 Å². The van der Waals surface area contributed by atoms with Crippen LogP contribution < -0.4 is 0 Å². The van der Waals surface area contributed by atoms with Gasteiger partial charge >= 0.3 is 0 Å². The fourth-order valence-corrected chi connectivity index (χ4v) is 7.99. The molecule has 4 aliphatic rings. The van der Waals surface area contributed by atoms with Crippen molar-refractivity contribution in [2.75, 3.05) is 299 Å². The quantitative estimate of drug-likeness (QED) is 0.0556. The highest BCUT2D eigenvalue weighted by Gasteiger charge is 2.25. The van der Waals surface area contributed by atoms with E-state index < -0.39 is 0 Å². The maximum Gasteiger partial charge on any atom is 0.224 e. The van der Waals surface area contributed by atoms with E-state index in [0.717, 1.165) is 117 Å². The summed E-state index contributed by atoms with van der Waals surface area (Å²) in [6, 6.07) is 4.62. The van der Waals surface area contributed by atoms with Crippen LogP contribution in [-0.2, 0) is 71.3 Å². The topological polar surface area (TPSA) is 226 Å². The molecule has 576 valence electrons. The Morgan fingerprint density at radius 1 is 0.521 bits per heavy atom. The number of nitrogens with zero attached hydrogens (tertiary/aromatic N) is 11. The lowest BCUT2D eigenvalue weighted by Gasteiger charge is -2.34. The first kappa shape index (κ1) is 104. The Morgan fingerprint density at radius 3 is 1.20 bits per heavy atom. The van der Waals surface area contributed by atoms with E-state index in [1.54, 1.807) is 114 Å². The molecule has 0 bridgehead atoms. The van der Waals surface area contributed by atoms with E-state index in [9.17, 15) is 19.2 Å². The Hall–Kier alpha value is -3.31. The third-order valence-electron chi connectivity index (χ3n) is 16.1. The molecule has 0 spiro atoms. The van der Waals surface area contributed by atoms with Gasteiger partial charge in [-0.2, -0.15) is 5.26 Å². The lowest BCUT2D eigenvalue weighted by Crippen LogP contribution is -2.42. The first-order valence-electron chi connectivity index (χ1n) is 34.5. The monoisotopic (exact) mass is 1390 g/mol. The SMILES string of the molecule is CCC(=O)N(C)CCOC.COCC(C)(C)N(C)C.COCCN(C)C(=O)C(C)C.COCCN(C)C(C)=O.COCCN(C)C1CC1.COCCN(C)C1CCC1.COCCN(C)C1CCCC1.COCCN(C)C=O.COCCN(C)CC#N.COCCN1CCOCC1. The van der Waals surface area contributed by atoms with Crippen LogP contribution in [0, 0.1) is 17.2 Å². The molecule has 0 unspecified atom stereocenters. The van der Waals surface area contributed by atoms with Crippen LogP contribution in [0.15, 0.2) is 0 Å². The normalized spacial score (nSPS) is 14.2. The number of carbonyl (C=O) groups is 4. The van der Waals surface area contributed by atoms with E-state index >= 15 is 0 Å². The van der Waals surface area contributed by atoms with E-state index in [4.69, 9.17) is 57.4 Å². The molecule has 3 aliphatic carbocycles. The lowest BCUT2D eigenvalue weighted by molar-refractivity contribution is -0.133. The molecule has 26 heteroatoms. The molecule has 0 aromatic carbocycles. The van der Waals surface area contributed by atoms with Gasteiger partial charge < -0.3 is 91.3 Å². The minimum Gasteiger partial charge on any atom is -0.383 e. The summed E-state index contributed by atoms with van der Waals surface area (Å²) >= 11 is 0. The van der Waals surface area contributed by atoms with Crippen molar-refractivity contribution in [3.63, 3.8) is 0 Å². The summed E-state index contributed by atoms with van der Waals surface area (Å²) in [5, 5.41) is 8.20. The largest absolute Gasteiger partial charge is 0.383 e. The second kappa shape index (κ2) is 74.4. The van der Waals surface area contributed by atoms with Gasteiger partial charge in [0.05, 0.1) is 91.9 Å². The van der Waals surface area contributed by atoms with E-state index in [0.29, 0.717) is 72.2 Å². The fraction of sp³-hybridized carbons (Fsp3) is 0.929. The first-order valence-corrected chi connectivity index (χ1v) is 34.5. The molecule has 4 amide bonds. The molecule has 1 heterocycles. The Bertz CT molecular complexity index is 1710. The number of ether oxygens (including phenoxy) is 11. The van der Waals surface area contributed by atoms with Crippen molar-refractivity contribution >= 4 is 24.1 Å². The van der Waals surface area contributed by atoms with Crippen molar-refractivity contribution in [2.45, 2.75) is 129 Å². The van der Waals surface area contributed by atoms with Gasteiger partial charge in [-0.05, 0) is 94.7 Å². The number of rotatable bonds is 37. The van der Waals surface area contributed by atoms with Crippen LogP contribution in [0.5, 0.6) is 0 Å². The molecule has 0 aromatic rings. The third kappa shape index (κ3) is 70.5. The van der Waals surface area contributed by atoms with Crippen molar-refractivity contribution in [2.24, 2.45) is 5.92 Å². The van der Waals surface area contributed by atoms with Crippen LogP contribution >= 0.6 is 0 Å². The standard InChI is InChI=1S/C9H19NO.C8H17NO2.C8H17NO.2C7H15NO2.C7H15NO.C7H17NO.C6H12N2O.C6H13NO2.C5H11NO2/c1-10(7-8-11-2)9-5-3-4-6-9;1-7(2)8(10)9(3)5-6-11-4;1-9(6-7-10-2)8-4-3-5-8;1-9-5-2-8-3-6-10-7-4-8;1-4-7(9)8(2)5-6-10-3;1-8(5-6-9-2)7-3-4-7;1-7(2,6-9-5)8(3)4;1-8(4-3-7)5-6-9-2;1-6(8)7(2)4-5-9-3;1-6(5-7)3-4-8-2/h9H,3-8H2,1-2H3;7H,5-6H2,1-4H3;8H,3-7H2,1-2H3;2-7H2,1H3;4-6H2,1-3H3;7H,3-6H2,1-2H3;6H2,1-5H3;4-6H2,1-2H3;4-5H2,1-3H3;5H,3-4H2,1-2H3. The molecule has 0 atom stereocenters. The van der Waals surface area contributed by atoms with Gasteiger partial charge in [-0.25, -0.2) is 0 Å². The highest BCUT2D eigenvalue weighted by Crippen LogP contribution is 2.25. The Kier molecular flexibility index (Phi) is 80.3. The predicted octanol–water partition coefficient (Wildman–Crippen LogP) is 5.46. The van der Waals surface area contributed by atoms with Gasteiger partial charge in [0.15, 0.2) is 0 Å². The van der Waals surface area contributed by atoms with Gasteiger partial charge in [-0.1, -0.05) is 40.0 Å². The molecular weight excluding hydrogens is 1230 g/mol. The van der Waals surface area contributed by atoms with Gasteiger partial charge in [-0.3, -0.25) is 29.0 Å². The zero-order chi connectivity index (χ0) is 74.5. The number of likely N-dealkylation sites (N-methyl/N-ethyl adjacent to an activating group) is 9. The summed E-state index contributed by atoms with van der Waals surface area (Å²) in [6.07, 6.45) is 13.9. The molecule has 4 rings (SSSR count). The number of nitriles is 1. The lowest BCUT2D eigenvalue weighted by atomic mass is 9.92. The minimum absolute atomic E-state index is 0.0760. The van der Waals surface area contributed by atoms with Crippen molar-refractivity contribution in [1.29, 1.82) is 5.26 Å². The third-order valence-corrected chi connectivity index (χ3v) is 16.1. The van der Waals surface area contributed by atoms with E-state index in [1.807, 2.05) is 38.8 Å². The van der Waals surface area contributed by atoms with Crippen LogP contribution in [-0.4, -0.2) is 396 Å².